The summed E-state index contributed by atoms with van der Waals surface area (Å²) < 4.78 is 94.1. The Morgan fingerprint density at radius 1 is 1.05 bits per heavy atom. The van der Waals surface area contributed by atoms with Crippen molar-refractivity contribution in [3.8, 4) is 0 Å². The Morgan fingerprint density at radius 3 is 1.86 bits per heavy atom. The highest BCUT2D eigenvalue weighted by Crippen LogP contribution is 2.55. The van der Waals surface area contributed by atoms with Crippen LogP contribution in [0.2, 0.25) is 0 Å². The third kappa shape index (κ3) is 4.31. The van der Waals surface area contributed by atoms with Crippen molar-refractivity contribution in [1.82, 2.24) is 0 Å². The molecule has 0 saturated heterocycles. The Kier molecular flexibility index (Phi) is 5.42. The van der Waals surface area contributed by atoms with Gasteiger partial charge < -0.3 is 4.52 Å². The highest BCUT2D eigenvalue weighted by Gasteiger charge is 2.61. The molecule has 0 bridgehead atoms. The van der Waals surface area contributed by atoms with Crippen molar-refractivity contribution < 1.29 is 44.7 Å². The molecule has 11 heteroatoms. The van der Waals surface area contributed by atoms with E-state index in [1.807, 2.05) is 0 Å². The molecular weight excluding hydrogens is 341 g/mol. The zero-order chi connectivity index (χ0) is 17.2. The van der Waals surface area contributed by atoms with Gasteiger partial charge in [-0.25, -0.2) is 0 Å². The average molecular weight is 350 g/mol. The number of alkyl halides is 6. The molecule has 0 aliphatic heterocycles. The van der Waals surface area contributed by atoms with E-state index in [4.69, 9.17) is 0 Å². The van der Waals surface area contributed by atoms with E-state index in [0.29, 0.717) is 7.11 Å². The van der Waals surface area contributed by atoms with Crippen molar-refractivity contribution in [2.24, 2.45) is 0 Å². The van der Waals surface area contributed by atoms with E-state index in [1.54, 1.807) is 0 Å². The number of carbonyl (C=O) groups excluding carboxylic acids is 1. The maximum absolute atomic E-state index is 12.4. The van der Waals surface area contributed by atoms with Gasteiger partial charge in [0, 0.05) is 12.7 Å². The van der Waals surface area contributed by atoms with Crippen LogP contribution in [0.15, 0.2) is 30.3 Å². The summed E-state index contributed by atoms with van der Waals surface area (Å²) in [5.41, 5.74) is -2.01. The Morgan fingerprint density at radius 2 is 1.50 bits per heavy atom. The molecule has 1 atom stereocenters. The first kappa shape index (κ1) is 18.7. The first-order valence-corrected chi connectivity index (χ1v) is 7.03. The first-order valence-electron chi connectivity index (χ1n) is 5.49. The number of carbonyl (C=O) groups is 1. The molecule has 0 aliphatic rings. The van der Waals surface area contributed by atoms with E-state index in [0.717, 1.165) is 12.1 Å². The topological polar surface area (TPSA) is 52.6 Å². The molecule has 124 valence electrons. The SMILES string of the molecule is COP(=O)(OC(C(F)(F)F)C(F)(F)F)C(=O)c1ccccc1. The summed E-state index contributed by atoms with van der Waals surface area (Å²) in [6, 6.07) is 6.08. The van der Waals surface area contributed by atoms with Gasteiger partial charge in [0.15, 0.2) is 0 Å². The summed E-state index contributed by atoms with van der Waals surface area (Å²) in [6.07, 6.45) is -16.2. The van der Waals surface area contributed by atoms with Crippen molar-refractivity contribution in [3.63, 3.8) is 0 Å². The molecule has 22 heavy (non-hydrogen) atoms. The second kappa shape index (κ2) is 6.39. The van der Waals surface area contributed by atoms with Crippen molar-refractivity contribution in [2.75, 3.05) is 7.11 Å². The molecule has 1 aromatic carbocycles. The lowest BCUT2D eigenvalue weighted by Gasteiger charge is -2.26. The molecule has 0 heterocycles. The average Bonchev–Trinajstić information content (AvgIpc) is 2.42. The van der Waals surface area contributed by atoms with Gasteiger partial charge in [-0.15, -0.1) is 0 Å². The zero-order valence-corrected chi connectivity index (χ0v) is 11.7. The largest absolute Gasteiger partial charge is 0.424 e. The van der Waals surface area contributed by atoms with Gasteiger partial charge >= 0.3 is 19.9 Å². The normalized spacial score (nSPS) is 15.6. The second-order valence-corrected chi connectivity index (χ2v) is 5.90. The van der Waals surface area contributed by atoms with E-state index >= 15 is 0 Å². The lowest BCUT2D eigenvalue weighted by Crippen LogP contribution is -2.44. The Hall–Kier alpha value is -1.38. The monoisotopic (exact) mass is 350 g/mol. The van der Waals surface area contributed by atoms with Crippen LogP contribution in [0.5, 0.6) is 0 Å². The van der Waals surface area contributed by atoms with Crippen molar-refractivity contribution in [2.45, 2.75) is 18.5 Å². The maximum Gasteiger partial charge on any atom is 0.424 e. The highest BCUT2D eigenvalue weighted by atomic mass is 31.2. The summed E-state index contributed by atoms with van der Waals surface area (Å²) in [6.45, 7) is 0. The molecule has 0 aliphatic carbocycles. The van der Waals surface area contributed by atoms with Crippen LogP contribution in [0.3, 0.4) is 0 Å². The maximum atomic E-state index is 12.4. The van der Waals surface area contributed by atoms with Crippen molar-refractivity contribution >= 4 is 13.1 Å². The van der Waals surface area contributed by atoms with Gasteiger partial charge in [-0.3, -0.25) is 13.9 Å². The molecule has 0 spiro atoms. The van der Waals surface area contributed by atoms with E-state index < -0.39 is 37.1 Å². The standard InChI is InChI=1S/C11H9F6O4P/c1-20-22(19,8(18)7-5-3-2-4-6-7)21-9(10(12,13)14)11(15,16)17/h2-6,9H,1H3. The predicted octanol–water partition coefficient (Wildman–Crippen LogP) is 4.18. The van der Waals surface area contributed by atoms with Crippen molar-refractivity contribution in [3.05, 3.63) is 35.9 Å². The molecule has 0 fully saturated rings. The van der Waals surface area contributed by atoms with Crippen LogP contribution in [-0.4, -0.2) is 31.1 Å². The van der Waals surface area contributed by atoms with Crippen LogP contribution in [0, 0.1) is 0 Å². The predicted molar refractivity (Wildman–Crippen MR) is 62.4 cm³/mol. The van der Waals surface area contributed by atoms with Gasteiger partial charge in [0.25, 0.3) is 11.6 Å². The van der Waals surface area contributed by atoms with Gasteiger partial charge in [0.05, 0.1) is 0 Å². The van der Waals surface area contributed by atoms with Crippen LogP contribution in [0.1, 0.15) is 10.4 Å². The van der Waals surface area contributed by atoms with Crippen LogP contribution in [-0.2, 0) is 13.6 Å². The van der Waals surface area contributed by atoms with E-state index in [1.165, 1.54) is 18.2 Å². The van der Waals surface area contributed by atoms with E-state index in [9.17, 15) is 35.7 Å². The summed E-state index contributed by atoms with van der Waals surface area (Å²) in [4.78, 5) is 11.8. The Balaban J connectivity index is 3.18. The lowest BCUT2D eigenvalue weighted by atomic mass is 10.2. The van der Waals surface area contributed by atoms with Crippen LogP contribution in [0.25, 0.3) is 0 Å². The van der Waals surface area contributed by atoms with Gasteiger partial charge in [-0.2, -0.15) is 26.3 Å². The zero-order valence-electron chi connectivity index (χ0n) is 10.8. The van der Waals surface area contributed by atoms with Crippen LogP contribution in [0.4, 0.5) is 26.3 Å². The molecule has 4 nitrogen and oxygen atoms in total. The molecule has 0 aromatic heterocycles. The van der Waals surface area contributed by atoms with Crippen molar-refractivity contribution in [1.29, 1.82) is 0 Å². The number of hydrogen-bond donors (Lipinski definition) is 0. The smallest absolute Gasteiger partial charge is 0.306 e. The summed E-state index contributed by atoms with van der Waals surface area (Å²) in [7, 11) is -4.82. The van der Waals surface area contributed by atoms with Crippen LogP contribution >= 0.6 is 7.60 Å². The summed E-state index contributed by atoms with van der Waals surface area (Å²) in [5, 5.41) is 0. The molecule has 0 saturated carbocycles. The molecule has 1 aromatic rings. The van der Waals surface area contributed by atoms with Crippen LogP contribution < -0.4 is 0 Å². The number of hydrogen-bond acceptors (Lipinski definition) is 4. The van der Waals surface area contributed by atoms with E-state index in [-0.39, 0.29) is 0 Å². The molecule has 1 rings (SSSR count). The van der Waals surface area contributed by atoms with E-state index in [2.05, 4.69) is 9.05 Å². The van der Waals surface area contributed by atoms with Gasteiger partial charge in [-0.05, 0) is 0 Å². The van der Waals surface area contributed by atoms with Gasteiger partial charge in [0.1, 0.15) is 0 Å². The highest BCUT2D eigenvalue weighted by molar-refractivity contribution is 7.72. The number of benzene rings is 1. The fourth-order valence-electron chi connectivity index (χ4n) is 1.36. The minimum atomic E-state index is -5.91. The lowest BCUT2D eigenvalue weighted by molar-refractivity contribution is -0.301. The number of rotatable bonds is 5. The fraction of sp³-hybridized carbons (Fsp3) is 0.364. The van der Waals surface area contributed by atoms with Gasteiger partial charge in [-0.1, -0.05) is 30.3 Å². The third-order valence-electron chi connectivity index (χ3n) is 2.35. The summed E-state index contributed by atoms with van der Waals surface area (Å²) in [5.74, 6) is 0. The molecule has 1 unspecified atom stereocenters. The second-order valence-electron chi connectivity index (χ2n) is 3.92. The minimum Gasteiger partial charge on any atom is -0.306 e. The Bertz CT molecular complexity index is 554. The quantitative estimate of drug-likeness (QED) is 0.591. The number of halogens is 6. The van der Waals surface area contributed by atoms with Gasteiger partial charge in [0.2, 0.25) is 0 Å². The first-order chi connectivity index (χ1) is 9.92. The fourth-order valence-corrected chi connectivity index (χ4v) is 2.69. The molecule has 0 N–H and O–H groups in total. The molecule has 0 radical (unpaired) electrons. The summed E-state index contributed by atoms with van der Waals surface area (Å²) >= 11 is 0. The third-order valence-corrected chi connectivity index (χ3v) is 4.07. The molecular formula is C11H9F6O4P. The molecule has 0 amide bonds. The Labute approximate surface area is 120 Å². The minimum absolute atomic E-state index is 0.407.